The average molecular weight is 124 g/mol. The summed E-state index contributed by atoms with van der Waals surface area (Å²) in [7, 11) is 0. The van der Waals surface area contributed by atoms with Crippen LogP contribution in [-0.2, 0) is 0 Å². The molecule has 9 heavy (non-hydrogen) atoms. The van der Waals surface area contributed by atoms with Gasteiger partial charge in [0.05, 0.1) is 0 Å². The number of hydrogen-bond donors (Lipinski definition) is 0. The number of rotatable bonds is 3. The quantitative estimate of drug-likeness (QED) is 0.406. The lowest BCUT2D eigenvalue weighted by Crippen LogP contribution is -1.63. The number of allylic oxidation sites excluding steroid dienone is 1. The third kappa shape index (κ3) is 7.08. The predicted octanol–water partition coefficient (Wildman–Crippen LogP) is 2.03. The summed E-state index contributed by atoms with van der Waals surface area (Å²) in [4.78, 5) is 7.62. The maximum atomic E-state index is 3.85. The molecule has 50 valence electrons. The maximum absolute atomic E-state index is 3.85. The zero-order chi connectivity index (χ0) is 6.95. The van der Waals surface area contributed by atoms with E-state index in [0.29, 0.717) is 0 Å². The van der Waals surface area contributed by atoms with Crippen LogP contribution in [0.3, 0.4) is 0 Å². The van der Waals surface area contributed by atoms with E-state index in [-0.39, 0.29) is 0 Å². The lowest BCUT2D eigenvalue weighted by Gasteiger charge is -1.73. The molecule has 0 heterocycles. The Morgan fingerprint density at radius 2 is 2.11 bits per heavy atom. The first-order chi connectivity index (χ1) is 4.41. The smallest absolute Gasteiger partial charge is 0.114 e. The molecule has 2 nitrogen and oxygen atoms in total. The fourth-order valence-electron chi connectivity index (χ4n) is 0.310. The van der Waals surface area contributed by atoms with Gasteiger partial charge in [0.15, 0.2) is 0 Å². The lowest BCUT2D eigenvalue weighted by atomic mass is 10.5. The molecule has 2 heteroatoms. The van der Waals surface area contributed by atoms with Gasteiger partial charge in [0.25, 0.3) is 0 Å². The average Bonchev–Trinajstić information content (AvgIpc) is 1.89. The summed E-state index contributed by atoms with van der Waals surface area (Å²) in [5, 5.41) is 0. The van der Waals surface area contributed by atoms with Gasteiger partial charge in [-0.1, -0.05) is 13.0 Å². The molecule has 0 radical (unpaired) electrons. The Bertz CT molecular complexity index is 123. The van der Waals surface area contributed by atoms with E-state index < -0.39 is 0 Å². The Morgan fingerprint density at radius 1 is 1.33 bits per heavy atom. The molecular formula is C7H12N2. The Labute approximate surface area is 56.0 Å². The maximum Gasteiger partial charge on any atom is 0.114 e. The fourth-order valence-corrected chi connectivity index (χ4v) is 0.310. The van der Waals surface area contributed by atoms with Gasteiger partial charge in [0, 0.05) is 12.4 Å². The van der Waals surface area contributed by atoms with Crippen LogP contribution < -0.4 is 0 Å². The van der Waals surface area contributed by atoms with Crippen LogP contribution in [0.4, 0.5) is 0 Å². The van der Waals surface area contributed by atoms with E-state index in [1.54, 1.807) is 12.4 Å². The van der Waals surface area contributed by atoms with Gasteiger partial charge >= 0.3 is 0 Å². The minimum absolute atomic E-state index is 1.02. The molecule has 0 aromatic rings. The predicted molar refractivity (Wildman–Crippen MR) is 42.1 cm³/mol. The van der Waals surface area contributed by atoms with E-state index in [9.17, 15) is 0 Å². The summed E-state index contributed by atoms with van der Waals surface area (Å²) in [6.07, 6.45) is 7.96. The summed E-state index contributed by atoms with van der Waals surface area (Å²) < 4.78 is 0. The van der Waals surface area contributed by atoms with Gasteiger partial charge in [0.2, 0.25) is 0 Å². The highest BCUT2D eigenvalue weighted by Crippen LogP contribution is 1.78. The number of aliphatic imine (C=N–C) groups is 2. The summed E-state index contributed by atoms with van der Waals surface area (Å²) in [5.41, 5.74) is 0. The van der Waals surface area contributed by atoms with Crippen LogP contribution >= 0.6 is 0 Å². The first kappa shape index (κ1) is 8.08. The number of hydrogen-bond acceptors (Lipinski definition) is 1. The van der Waals surface area contributed by atoms with Gasteiger partial charge in [-0.3, -0.25) is 0 Å². The van der Waals surface area contributed by atoms with Crippen molar-refractivity contribution in [1.29, 1.82) is 0 Å². The Morgan fingerprint density at radius 3 is 2.67 bits per heavy atom. The van der Waals surface area contributed by atoms with Crippen molar-refractivity contribution < 1.29 is 0 Å². The van der Waals surface area contributed by atoms with Crippen LogP contribution in [0.15, 0.2) is 22.3 Å². The van der Waals surface area contributed by atoms with Gasteiger partial charge in [-0.25, -0.2) is 9.98 Å². The van der Waals surface area contributed by atoms with Crippen molar-refractivity contribution in [2.24, 2.45) is 9.98 Å². The minimum atomic E-state index is 1.02. The topological polar surface area (TPSA) is 24.7 Å². The number of nitrogens with zero attached hydrogens (tertiary/aromatic N) is 2. The molecule has 0 aliphatic heterocycles. The van der Waals surface area contributed by atoms with Crippen LogP contribution in [0.25, 0.3) is 0 Å². The summed E-state index contributed by atoms with van der Waals surface area (Å²) in [6.45, 7) is 3.92. The molecule has 0 fully saturated rings. The van der Waals surface area contributed by atoms with Gasteiger partial charge in [-0.15, -0.1) is 0 Å². The molecule has 0 aliphatic rings. The van der Waals surface area contributed by atoms with Crippen LogP contribution in [-0.4, -0.2) is 12.6 Å². The van der Waals surface area contributed by atoms with E-state index in [1.165, 1.54) is 6.34 Å². The lowest BCUT2D eigenvalue weighted by molar-refractivity contribution is 1.21. The first-order valence-electron chi connectivity index (χ1n) is 3.06. The zero-order valence-corrected chi connectivity index (χ0v) is 5.91. The summed E-state index contributed by atoms with van der Waals surface area (Å²) in [6, 6.07) is 0. The van der Waals surface area contributed by atoms with E-state index in [2.05, 4.69) is 16.9 Å². The molecule has 0 bridgehead atoms. The monoisotopic (exact) mass is 124 g/mol. The molecule has 0 amide bonds. The fraction of sp³-hybridized carbons (Fsp3) is 0.429. The summed E-state index contributed by atoms with van der Waals surface area (Å²) >= 11 is 0. The van der Waals surface area contributed by atoms with Crippen molar-refractivity contribution in [3.63, 3.8) is 0 Å². The van der Waals surface area contributed by atoms with E-state index in [4.69, 9.17) is 0 Å². The highest BCUT2D eigenvalue weighted by Gasteiger charge is 1.60. The largest absolute Gasteiger partial charge is 0.250 e. The van der Waals surface area contributed by atoms with Crippen LogP contribution in [0.2, 0.25) is 0 Å². The highest BCUT2D eigenvalue weighted by atomic mass is 14.8. The second-order valence-corrected chi connectivity index (χ2v) is 1.46. The van der Waals surface area contributed by atoms with E-state index >= 15 is 0 Å². The normalized spacial score (nSPS) is 12.7. The molecule has 0 aliphatic carbocycles. The van der Waals surface area contributed by atoms with Crippen molar-refractivity contribution in [1.82, 2.24) is 0 Å². The standard InChI is InChI=1S/C7H12N2/c1-3-5-6-9-7-8-4-2/h4-7H,3H2,1-2H3/b6-5+,8-4?,9-7?. The second kappa shape index (κ2) is 7.08. The summed E-state index contributed by atoms with van der Waals surface area (Å²) in [5.74, 6) is 0. The molecule has 0 aromatic heterocycles. The highest BCUT2D eigenvalue weighted by molar-refractivity contribution is 5.70. The third-order valence-electron chi connectivity index (χ3n) is 0.710. The Hall–Kier alpha value is -0.920. The molecule has 0 saturated carbocycles. The molecular weight excluding hydrogens is 112 g/mol. The first-order valence-corrected chi connectivity index (χ1v) is 3.06. The third-order valence-corrected chi connectivity index (χ3v) is 0.710. The Kier molecular flexibility index (Phi) is 6.36. The van der Waals surface area contributed by atoms with Gasteiger partial charge in [-0.05, 0) is 13.3 Å². The minimum Gasteiger partial charge on any atom is -0.250 e. The molecule has 0 saturated heterocycles. The Balaban J connectivity index is 3.35. The molecule has 0 aromatic carbocycles. The van der Waals surface area contributed by atoms with Gasteiger partial charge in [0.1, 0.15) is 6.34 Å². The van der Waals surface area contributed by atoms with Crippen molar-refractivity contribution in [3.8, 4) is 0 Å². The zero-order valence-electron chi connectivity index (χ0n) is 5.91. The molecule has 0 spiro atoms. The molecule has 0 N–H and O–H groups in total. The van der Waals surface area contributed by atoms with Crippen molar-refractivity contribution >= 4 is 12.6 Å². The second-order valence-electron chi connectivity index (χ2n) is 1.46. The van der Waals surface area contributed by atoms with Crippen molar-refractivity contribution in [2.45, 2.75) is 20.3 Å². The van der Waals surface area contributed by atoms with Crippen LogP contribution in [0.5, 0.6) is 0 Å². The van der Waals surface area contributed by atoms with Crippen LogP contribution in [0, 0.1) is 0 Å². The van der Waals surface area contributed by atoms with Crippen LogP contribution in [0.1, 0.15) is 20.3 Å². The van der Waals surface area contributed by atoms with E-state index in [0.717, 1.165) is 6.42 Å². The van der Waals surface area contributed by atoms with Crippen molar-refractivity contribution in [3.05, 3.63) is 12.3 Å². The van der Waals surface area contributed by atoms with Crippen molar-refractivity contribution in [2.75, 3.05) is 0 Å². The molecule has 0 unspecified atom stereocenters. The van der Waals surface area contributed by atoms with Gasteiger partial charge in [-0.2, -0.15) is 0 Å². The SMILES string of the molecule is CC=NC=N/C=C/CC. The molecule has 0 atom stereocenters. The van der Waals surface area contributed by atoms with Gasteiger partial charge < -0.3 is 0 Å². The van der Waals surface area contributed by atoms with E-state index in [1.807, 2.05) is 13.0 Å². The molecule has 0 rings (SSSR count).